The molecular formula is C25H23F3N4O2. The molecule has 1 fully saturated rings. The van der Waals surface area contributed by atoms with Crippen molar-refractivity contribution < 1.29 is 22.8 Å². The highest BCUT2D eigenvalue weighted by atomic mass is 19.3. The summed E-state index contributed by atoms with van der Waals surface area (Å²) in [5.74, 6) is -2.10. The lowest BCUT2D eigenvalue weighted by Gasteiger charge is -2.26. The standard InChI is InChI=1S/C25H23F3N4O2/c26-16-3-1-14(2-4-16)18(13-22(27)28)24(33)31-23-11-15(7-9-29-23)21-12-19-20(30-21)8-10-32(25(19)34)17-5-6-17/h1-4,7,9,11-12,17-18,22,30H,5-6,8,10,13H2,(H,29,31,33). The molecule has 6 nitrogen and oxygen atoms in total. The second kappa shape index (κ2) is 8.96. The monoisotopic (exact) mass is 468 g/mol. The van der Waals surface area contributed by atoms with Crippen LogP contribution in [0.2, 0.25) is 0 Å². The number of nitrogens with zero attached hydrogens (tertiary/aromatic N) is 2. The van der Waals surface area contributed by atoms with Crippen LogP contribution < -0.4 is 5.32 Å². The molecule has 9 heteroatoms. The van der Waals surface area contributed by atoms with Crippen LogP contribution in [0.1, 0.15) is 46.8 Å². The molecule has 5 rings (SSSR count). The fraction of sp³-hybridized carbons (Fsp3) is 0.320. The summed E-state index contributed by atoms with van der Waals surface area (Å²) in [6.45, 7) is 0.697. The van der Waals surface area contributed by atoms with Crippen molar-refractivity contribution in [3.63, 3.8) is 0 Å². The molecule has 1 aliphatic carbocycles. The summed E-state index contributed by atoms with van der Waals surface area (Å²) in [6, 6.07) is 10.5. The van der Waals surface area contributed by atoms with Crippen LogP contribution >= 0.6 is 0 Å². The first-order valence-electron chi connectivity index (χ1n) is 11.2. The van der Waals surface area contributed by atoms with Crippen LogP contribution in [0.4, 0.5) is 19.0 Å². The minimum absolute atomic E-state index is 0.0305. The lowest BCUT2D eigenvalue weighted by Crippen LogP contribution is -2.38. The van der Waals surface area contributed by atoms with E-state index in [1.54, 1.807) is 12.1 Å². The summed E-state index contributed by atoms with van der Waals surface area (Å²) in [6.07, 6.45) is 0.952. The summed E-state index contributed by atoms with van der Waals surface area (Å²) < 4.78 is 39.6. The molecule has 2 N–H and O–H groups in total. The predicted molar refractivity (Wildman–Crippen MR) is 120 cm³/mol. The van der Waals surface area contributed by atoms with Crippen molar-refractivity contribution in [3.8, 4) is 11.3 Å². The maximum atomic E-state index is 13.3. The van der Waals surface area contributed by atoms with Gasteiger partial charge in [-0.05, 0) is 48.7 Å². The predicted octanol–water partition coefficient (Wildman–Crippen LogP) is 4.75. The highest BCUT2D eigenvalue weighted by molar-refractivity contribution is 5.98. The number of carbonyl (C=O) groups is 2. The Labute approximate surface area is 194 Å². The molecule has 0 saturated heterocycles. The molecule has 3 heterocycles. The zero-order valence-corrected chi connectivity index (χ0v) is 18.2. The molecule has 2 aliphatic rings. The number of pyridine rings is 1. The van der Waals surface area contributed by atoms with Gasteiger partial charge in [0.05, 0.1) is 11.5 Å². The normalized spacial score (nSPS) is 16.5. The van der Waals surface area contributed by atoms with Crippen LogP contribution in [-0.4, -0.2) is 45.7 Å². The first-order chi connectivity index (χ1) is 16.4. The van der Waals surface area contributed by atoms with Crippen molar-refractivity contribution in [1.29, 1.82) is 0 Å². The van der Waals surface area contributed by atoms with Gasteiger partial charge in [-0.2, -0.15) is 0 Å². The number of nitrogens with one attached hydrogen (secondary N) is 2. The van der Waals surface area contributed by atoms with Gasteiger partial charge in [0, 0.05) is 48.6 Å². The molecular weight excluding hydrogens is 445 g/mol. The number of H-pyrrole nitrogens is 1. The Balaban J connectivity index is 1.36. The van der Waals surface area contributed by atoms with Crippen molar-refractivity contribution in [2.45, 2.75) is 44.1 Å². The number of benzene rings is 1. The molecule has 34 heavy (non-hydrogen) atoms. The Morgan fingerprint density at radius 3 is 2.65 bits per heavy atom. The zero-order valence-electron chi connectivity index (χ0n) is 18.2. The Bertz CT molecular complexity index is 1220. The summed E-state index contributed by atoms with van der Waals surface area (Å²) in [5.41, 5.74) is 3.26. The third-order valence-electron chi connectivity index (χ3n) is 6.31. The number of fused-ring (bicyclic) bond motifs is 1. The number of aromatic nitrogens is 2. The quantitative estimate of drug-likeness (QED) is 0.525. The van der Waals surface area contributed by atoms with Crippen molar-refractivity contribution in [3.05, 3.63) is 71.3 Å². The molecule has 1 unspecified atom stereocenters. The maximum absolute atomic E-state index is 13.3. The summed E-state index contributed by atoms with van der Waals surface area (Å²) in [5, 5.41) is 2.61. The number of aromatic amines is 1. The maximum Gasteiger partial charge on any atom is 0.255 e. The van der Waals surface area contributed by atoms with Crippen molar-refractivity contribution >= 4 is 17.6 Å². The number of hydrogen-bond acceptors (Lipinski definition) is 3. The number of alkyl halides is 2. The van der Waals surface area contributed by atoms with Gasteiger partial charge in [0.25, 0.3) is 5.91 Å². The van der Waals surface area contributed by atoms with Crippen molar-refractivity contribution in [2.75, 3.05) is 11.9 Å². The van der Waals surface area contributed by atoms with Crippen molar-refractivity contribution in [2.24, 2.45) is 0 Å². The average Bonchev–Trinajstić information content (AvgIpc) is 3.56. The summed E-state index contributed by atoms with van der Waals surface area (Å²) in [4.78, 5) is 35.1. The third-order valence-corrected chi connectivity index (χ3v) is 6.31. The van der Waals surface area contributed by atoms with Gasteiger partial charge in [0.2, 0.25) is 12.3 Å². The Morgan fingerprint density at radius 2 is 1.94 bits per heavy atom. The van der Waals surface area contributed by atoms with E-state index in [4.69, 9.17) is 0 Å². The lowest BCUT2D eigenvalue weighted by atomic mass is 9.95. The zero-order chi connectivity index (χ0) is 23.8. The molecule has 0 bridgehead atoms. The van der Waals surface area contributed by atoms with Crippen LogP contribution in [0.25, 0.3) is 11.3 Å². The Kier molecular flexibility index (Phi) is 5.85. The van der Waals surface area contributed by atoms with Gasteiger partial charge < -0.3 is 15.2 Å². The summed E-state index contributed by atoms with van der Waals surface area (Å²) >= 11 is 0. The van der Waals surface area contributed by atoms with E-state index in [9.17, 15) is 22.8 Å². The number of rotatable bonds is 7. The number of carbonyl (C=O) groups excluding carboxylic acids is 2. The number of anilines is 1. The SMILES string of the molecule is O=C(Nc1cc(-c2cc3c([nH]2)CCN(C2CC2)C3=O)ccn1)C(CC(F)F)c1ccc(F)cc1. The van der Waals surface area contributed by atoms with Gasteiger partial charge in [-0.1, -0.05) is 12.1 Å². The first-order valence-corrected chi connectivity index (χ1v) is 11.2. The minimum Gasteiger partial charge on any atom is -0.358 e. The Hall–Kier alpha value is -3.62. The van der Waals surface area contributed by atoms with E-state index in [0.29, 0.717) is 29.3 Å². The van der Waals surface area contributed by atoms with Crippen LogP contribution in [0.3, 0.4) is 0 Å². The number of halogens is 3. The Morgan fingerprint density at radius 1 is 1.18 bits per heavy atom. The molecule has 2 aromatic heterocycles. The van der Waals surface area contributed by atoms with E-state index in [-0.39, 0.29) is 11.7 Å². The van der Waals surface area contributed by atoms with Gasteiger partial charge in [0.15, 0.2) is 0 Å². The third kappa shape index (κ3) is 4.55. The van der Waals surface area contributed by atoms with E-state index < -0.39 is 30.5 Å². The first kappa shape index (κ1) is 22.2. The molecule has 3 aromatic rings. The van der Waals surface area contributed by atoms with Gasteiger partial charge in [-0.3, -0.25) is 9.59 Å². The molecule has 1 aliphatic heterocycles. The second-order valence-electron chi connectivity index (χ2n) is 8.70. The van der Waals surface area contributed by atoms with E-state index in [2.05, 4.69) is 15.3 Å². The van der Waals surface area contributed by atoms with E-state index in [1.807, 2.05) is 11.0 Å². The summed E-state index contributed by atoms with van der Waals surface area (Å²) in [7, 11) is 0. The molecule has 176 valence electrons. The highest BCUT2D eigenvalue weighted by Crippen LogP contribution is 2.34. The smallest absolute Gasteiger partial charge is 0.255 e. The molecule has 1 saturated carbocycles. The fourth-order valence-corrected chi connectivity index (χ4v) is 4.41. The average molecular weight is 468 g/mol. The fourth-order valence-electron chi connectivity index (χ4n) is 4.41. The van der Waals surface area contributed by atoms with E-state index >= 15 is 0 Å². The highest BCUT2D eigenvalue weighted by Gasteiger charge is 2.36. The van der Waals surface area contributed by atoms with E-state index in [1.165, 1.54) is 18.3 Å². The van der Waals surface area contributed by atoms with Gasteiger partial charge in [-0.25, -0.2) is 18.2 Å². The topological polar surface area (TPSA) is 78.1 Å². The van der Waals surface area contributed by atoms with Crippen LogP contribution in [0.5, 0.6) is 0 Å². The molecule has 1 aromatic carbocycles. The van der Waals surface area contributed by atoms with Crippen LogP contribution in [0.15, 0.2) is 48.7 Å². The van der Waals surface area contributed by atoms with E-state index in [0.717, 1.165) is 42.8 Å². The van der Waals surface area contributed by atoms with Gasteiger partial charge in [-0.15, -0.1) is 0 Å². The minimum atomic E-state index is -2.71. The lowest BCUT2D eigenvalue weighted by molar-refractivity contribution is -0.118. The van der Waals surface area contributed by atoms with Crippen LogP contribution in [0, 0.1) is 5.82 Å². The molecule has 1 atom stereocenters. The van der Waals surface area contributed by atoms with Gasteiger partial charge >= 0.3 is 0 Å². The largest absolute Gasteiger partial charge is 0.358 e. The van der Waals surface area contributed by atoms with Gasteiger partial charge in [0.1, 0.15) is 11.6 Å². The van der Waals surface area contributed by atoms with Crippen LogP contribution in [-0.2, 0) is 11.2 Å². The molecule has 2 amide bonds. The molecule has 0 spiro atoms. The second-order valence-corrected chi connectivity index (χ2v) is 8.70. The molecule has 0 radical (unpaired) electrons. The van der Waals surface area contributed by atoms with Crippen molar-refractivity contribution in [1.82, 2.24) is 14.9 Å². The number of hydrogen-bond donors (Lipinski definition) is 2. The number of amides is 2.